The lowest BCUT2D eigenvalue weighted by Gasteiger charge is -2.17. The molecule has 0 N–H and O–H groups in total. The minimum absolute atomic E-state index is 0.639. The van der Waals surface area contributed by atoms with Crippen LogP contribution >= 0.6 is 0 Å². The summed E-state index contributed by atoms with van der Waals surface area (Å²) in [5.41, 5.74) is 0.990. The molecule has 2 nitrogen and oxygen atoms in total. The van der Waals surface area contributed by atoms with Crippen molar-refractivity contribution in [2.75, 3.05) is 13.7 Å². The highest BCUT2D eigenvalue weighted by atomic mass is 16.5. The molecule has 0 aliphatic rings. The van der Waals surface area contributed by atoms with Gasteiger partial charge >= 0.3 is 0 Å². The van der Waals surface area contributed by atoms with Crippen LogP contribution in [0.5, 0.6) is 11.5 Å². The van der Waals surface area contributed by atoms with Crippen molar-refractivity contribution in [2.45, 2.75) is 39.5 Å². The van der Waals surface area contributed by atoms with Crippen LogP contribution in [-0.2, 0) is 0 Å². The SMILES string of the molecule is C=Cc1cc(OC)ccc1OCC(CC)CCCC. The quantitative estimate of drug-likeness (QED) is 0.628. The van der Waals surface area contributed by atoms with E-state index in [9.17, 15) is 0 Å². The fourth-order valence-corrected chi connectivity index (χ4v) is 2.05. The van der Waals surface area contributed by atoms with Gasteiger partial charge in [-0.05, 0) is 30.5 Å². The third-order valence-corrected chi connectivity index (χ3v) is 3.45. The summed E-state index contributed by atoms with van der Waals surface area (Å²) in [4.78, 5) is 0. The molecular weight excluding hydrogens is 236 g/mol. The monoisotopic (exact) mass is 262 g/mol. The molecule has 1 rings (SSSR count). The highest BCUT2D eigenvalue weighted by Crippen LogP contribution is 2.26. The lowest BCUT2D eigenvalue weighted by atomic mass is 10.0. The van der Waals surface area contributed by atoms with Gasteiger partial charge in [0.05, 0.1) is 13.7 Å². The zero-order valence-corrected chi connectivity index (χ0v) is 12.4. The molecule has 1 aromatic rings. The molecule has 2 heteroatoms. The first-order valence-electron chi connectivity index (χ1n) is 7.18. The minimum Gasteiger partial charge on any atom is -0.497 e. The lowest BCUT2D eigenvalue weighted by Crippen LogP contribution is -2.11. The van der Waals surface area contributed by atoms with Crippen LogP contribution in [0, 0.1) is 5.92 Å². The van der Waals surface area contributed by atoms with Gasteiger partial charge in [-0.1, -0.05) is 45.8 Å². The topological polar surface area (TPSA) is 18.5 Å². The molecule has 1 atom stereocenters. The Hall–Kier alpha value is -1.44. The van der Waals surface area contributed by atoms with Crippen LogP contribution in [0.2, 0.25) is 0 Å². The van der Waals surface area contributed by atoms with Crippen molar-refractivity contribution in [1.82, 2.24) is 0 Å². The van der Waals surface area contributed by atoms with Crippen molar-refractivity contribution in [1.29, 1.82) is 0 Å². The largest absolute Gasteiger partial charge is 0.497 e. The number of benzene rings is 1. The number of methoxy groups -OCH3 is 1. The van der Waals surface area contributed by atoms with Crippen LogP contribution in [0.4, 0.5) is 0 Å². The first kappa shape index (κ1) is 15.6. The summed E-state index contributed by atoms with van der Waals surface area (Å²) in [6.07, 6.45) is 6.74. The Balaban J connectivity index is 2.63. The van der Waals surface area contributed by atoms with Crippen LogP contribution < -0.4 is 9.47 Å². The Bertz CT molecular complexity index is 385. The van der Waals surface area contributed by atoms with Crippen LogP contribution in [0.3, 0.4) is 0 Å². The first-order valence-corrected chi connectivity index (χ1v) is 7.18. The maximum absolute atomic E-state index is 5.95. The second-order valence-electron chi connectivity index (χ2n) is 4.84. The summed E-state index contributed by atoms with van der Waals surface area (Å²) in [6.45, 7) is 9.07. The van der Waals surface area contributed by atoms with Crippen molar-refractivity contribution in [2.24, 2.45) is 5.92 Å². The molecule has 0 aliphatic carbocycles. The van der Waals surface area contributed by atoms with E-state index in [1.165, 1.54) is 25.7 Å². The molecule has 19 heavy (non-hydrogen) atoms. The summed E-state index contributed by atoms with van der Waals surface area (Å²) in [7, 11) is 1.67. The van der Waals surface area contributed by atoms with Gasteiger partial charge in [-0.2, -0.15) is 0 Å². The van der Waals surface area contributed by atoms with E-state index in [2.05, 4.69) is 20.4 Å². The molecule has 0 saturated heterocycles. The molecule has 1 unspecified atom stereocenters. The Morgan fingerprint density at radius 3 is 2.68 bits per heavy atom. The van der Waals surface area contributed by atoms with E-state index < -0.39 is 0 Å². The molecule has 0 spiro atoms. The van der Waals surface area contributed by atoms with Crippen molar-refractivity contribution in [3.05, 3.63) is 30.3 Å². The van der Waals surface area contributed by atoms with Gasteiger partial charge < -0.3 is 9.47 Å². The molecule has 0 saturated carbocycles. The van der Waals surface area contributed by atoms with E-state index in [1.54, 1.807) is 7.11 Å². The zero-order valence-electron chi connectivity index (χ0n) is 12.4. The van der Waals surface area contributed by atoms with Crippen molar-refractivity contribution < 1.29 is 9.47 Å². The highest BCUT2D eigenvalue weighted by Gasteiger charge is 2.09. The van der Waals surface area contributed by atoms with Gasteiger partial charge in [0.15, 0.2) is 0 Å². The number of unbranched alkanes of at least 4 members (excludes halogenated alkanes) is 1. The molecule has 0 amide bonds. The number of ether oxygens (including phenoxy) is 2. The third kappa shape index (κ3) is 4.98. The molecular formula is C17H26O2. The summed E-state index contributed by atoms with van der Waals surface area (Å²) >= 11 is 0. The molecule has 0 aromatic heterocycles. The molecule has 0 heterocycles. The average Bonchev–Trinajstić information content (AvgIpc) is 2.47. The Morgan fingerprint density at radius 2 is 2.11 bits per heavy atom. The van der Waals surface area contributed by atoms with E-state index in [1.807, 2.05) is 24.3 Å². The summed E-state index contributed by atoms with van der Waals surface area (Å²) in [5, 5.41) is 0. The number of hydrogen-bond acceptors (Lipinski definition) is 2. The van der Waals surface area contributed by atoms with Crippen molar-refractivity contribution in [3.63, 3.8) is 0 Å². The van der Waals surface area contributed by atoms with Gasteiger partial charge in [-0.25, -0.2) is 0 Å². The van der Waals surface area contributed by atoms with Crippen molar-refractivity contribution in [3.8, 4) is 11.5 Å². The first-order chi connectivity index (χ1) is 9.24. The fraction of sp³-hybridized carbons (Fsp3) is 0.529. The number of rotatable bonds is 9. The van der Waals surface area contributed by atoms with E-state index in [0.717, 1.165) is 23.7 Å². The second-order valence-corrected chi connectivity index (χ2v) is 4.84. The van der Waals surface area contributed by atoms with Crippen LogP contribution in [-0.4, -0.2) is 13.7 Å². The number of hydrogen-bond donors (Lipinski definition) is 0. The molecule has 0 fully saturated rings. The lowest BCUT2D eigenvalue weighted by molar-refractivity contribution is 0.232. The summed E-state index contributed by atoms with van der Waals surface area (Å²) in [6, 6.07) is 5.84. The summed E-state index contributed by atoms with van der Waals surface area (Å²) < 4.78 is 11.2. The van der Waals surface area contributed by atoms with Gasteiger partial charge in [-0.3, -0.25) is 0 Å². The maximum atomic E-state index is 5.95. The van der Waals surface area contributed by atoms with E-state index in [4.69, 9.17) is 9.47 Å². The predicted molar refractivity (Wildman–Crippen MR) is 81.9 cm³/mol. The van der Waals surface area contributed by atoms with Crippen LogP contribution in [0.25, 0.3) is 6.08 Å². The Morgan fingerprint density at radius 1 is 1.32 bits per heavy atom. The van der Waals surface area contributed by atoms with Crippen molar-refractivity contribution >= 4 is 6.08 Å². The molecule has 0 bridgehead atoms. The third-order valence-electron chi connectivity index (χ3n) is 3.45. The minimum atomic E-state index is 0.639. The second kappa shape index (κ2) is 8.63. The maximum Gasteiger partial charge on any atom is 0.126 e. The van der Waals surface area contributed by atoms with Gasteiger partial charge in [0, 0.05) is 5.56 Å². The van der Waals surface area contributed by atoms with Gasteiger partial charge in [0.2, 0.25) is 0 Å². The standard InChI is InChI=1S/C17H26O2/c1-5-8-9-14(6-2)13-19-17-11-10-16(18-4)12-15(17)7-3/h7,10-12,14H,3,5-6,8-9,13H2,1-2,4H3. The zero-order chi connectivity index (χ0) is 14.1. The van der Waals surface area contributed by atoms with Crippen LogP contribution in [0.1, 0.15) is 45.1 Å². The van der Waals surface area contributed by atoms with E-state index >= 15 is 0 Å². The Kier molecular flexibility index (Phi) is 7.09. The summed E-state index contributed by atoms with van der Waals surface area (Å²) in [5.74, 6) is 2.37. The van der Waals surface area contributed by atoms with E-state index in [0.29, 0.717) is 5.92 Å². The Labute approximate surface area is 117 Å². The van der Waals surface area contributed by atoms with E-state index in [-0.39, 0.29) is 0 Å². The normalized spacial score (nSPS) is 11.9. The smallest absolute Gasteiger partial charge is 0.126 e. The van der Waals surface area contributed by atoms with Gasteiger partial charge in [0.25, 0.3) is 0 Å². The average molecular weight is 262 g/mol. The molecule has 1 aromatic carbocycles. The van der Waals surface area contributed by atoms with Crippen LogP contribution in [0.15, 0.2) is 24.8 Å². The predicted octanol–water partition coefficient (Wildman–Crippen LogP) is 4.93. The van der Waals surface area contributed by atoms with Gasteiger partial charge in [0.1, 0.15) is 11.5 Å². The molecule has 0 aliphatic heterocycles. The molecule has 0 radical (unpaired) electrons. The highest BCUT2D eigenvalue weighted by molar-refractivity contribution is 5.58. The fourth-order valence-electron chi connectivity index (χ4n) is 2.05. The molecule has 106 valence electrons. The van der Waals surface area contributed by atoms with Gasteiger partial charge in [-0.15, -0.1) is 0 Å².